The molecule has 3 heteroatoms. The standard InChI is InChI=1S/C7H9NO.C5H6O/c8-7-4-2-1-3-6(7)5-9;1-5-3-2-4-6-5/h1-4,9H,5,8H2;2-4H,1H3. The predicted octanol–water partition coefficient (Wildman–Crippen LogP) is 2.35. The number of aliphatic hydroxyl groups excluding tert-OH is 1. The number of hydrogen-bond acceptors (Lipinski definition) is 3. The quantitative estimate of drug-likeness (QED) is 0.702. The minimum atomic E-state index is 0.0205. The van der Waals surface area contributed by atoms with Crippen molar-refractivity contribution in [2.24, 2.45) is 0 Å². The van der Waals surface area contributed by atoms with Crippen LogP contribution in [0.5, 0.6) is 0 Å². The summed E-state index contributed by atoms with van der Waals surface area (Å²) in [5.74, 6) is 0.968. The molecule has 1 heterocycles. The molecule has 0 amide bonds. The lowest BCUT2D eigenvalue weighted by Gasteiger charge is -1.97. The van der Waals surface area contributed by atoms with E-state index in [0.29, 0.717) is 5.69 Å². The number of aliphatic hydroxyl groups is 1. The minimum absolute atomic E-state index is 0.0205. The highest BCUT2D eigenvalue weighted by Crippen LogP contribution is 2.08. The Morgan fingerprint density at radius 3 is 2.27 bits per heavy atom. The number of furan rings is 1. The van der Waals surface area contributed by atoms with Gasteiger partial charge in [0.15, 0.2) is 0 Å². The van der Waals surface area contributed by atoms with E-state index in [1.807, 2.05) is 31.2 Å². The van der Waals surface area contributed by atoms with Gasteiger partial charge in [-0.3, -0.25) is 0 Å². The van der Waals surface area contributed by atoms with Gasteiger partial charge in [-0.15, -0.1) is 0 Å². The molecule has 0 bridgehead atoms. The van der Waals surface area contributed by atoms with Gasteiger partial charge in [0, 0.05) is 11.3 Å². The normalized spacial score (nSPS) is 9.20. The van der Waals surface area contributed by atoms with Crippen molar-refractivity contribution in [1.82, 2.24) is 0 Å². The Labute approximate surface area is 89.2 Å². The summed E-state index contributed by atoms with van der Waals surface area (Å²) in [4.78, 5) is 0. The molecule has 0 aliphatic carbocycles. The van der Waals surface area contributed by atoms with Crippen LogP contribution in [0.15, 0.2) is 47.1 Å². The molecule has 2 aromatic rings. The van der Waals surface area contributed by atoms with Gasteiger partial charge >= 0.3 is 0 Å². The van der Waals surface area contributed by atoms with Crippen LogP contribution in [0.3, 0.4) is 0 Å². The maximum Gasteiger partial charge on any atom is 0.100 e. The first-order valence-electron chi connectivity index (χ1n) is 4.68. The lowest BCUT2D eigenvalue weighted by Crippen LogP contribution is -1.91. The summed E-state index contributed by atoms with van der Waals surface area (Å²) in [5.41, 5.74) is 6.91. The minimum Gasteiger partial charge on any atom is -0.470 e. The molecule has 1 aromatic carbocycles. The van der Waals surface area contributed by atoms with E-state index in [2.05, 4.69) is 0 Å². The van der Waals surface area contributed by atoms with Crippen LogP contribution in [0.1, 0.15) is 11.3 Å². The molecule has 1 aromatic heterocycles. The van der Waals surface area contributed by atoms with Crippen molar-refractivity contribution in [3.8, 4) is 0 Å². The number of rotatable bonds is 1. The summed E-state index contributed by atoms with van der Waals surface area (Å²) < 4.78 is 4.83. The molecule has 0 spiro atoms. The number of aryl methyl sites for hydroxylation is 1. The third kappa shape index (κ3) is 3.87. The predicted molar refractivity (Wildman–Crippen MR) is 60.2 cm³/mol. The third-order valence-corrected chi connectivity index (χ3v) is 1.89. The van der Waals surface area contributed by atoms with Crippen molar-refractivity contribution in [1.29, 1.82) is 0 Å². The Bertz CT molecular complexity index is 382. The Morgan fingerprint density at radius 2 is 1.93 bits per heavy atom. The molecule has 2 rings (SSSR count). The van der Waals surface area contributed by atoms with E-state index >= 15 is 0 Å². The average Bonchev–Trinajstić information content (AvgIpc) is 2.71. The average molecular weight is 205 g/mol. The molecule has 0 aliphatic heterocycles. The van der Waals surface area contributed by atoms with E-state index in [0.717, 1.165) is 11.3 Å². The van der Waals surface area contributed by atoms with Gasteiger partial charge in [-0.25, -0.2) is 0 Å². The van der Waals surface area contributed by atoms with Gasteiger partial charge in [-0.1, -0.05) is 18.2 Å². The highest BCUT2D eigenvalue weighted by molar-refractivity contribution is 5.45. The molecule has 0 aliphatic rings. The van der Waals surface area contributed by atoms with Gasteiger partial charge in [0.25, 0.3) is 0 Å². The summed E-state index contributed by atoms with van der Waals surface area (Å²) in [7, 11) is 0. The zero-order valence-electron chi connectivity index (χ0n) is 8.68. The van der Waals surface area contributed by atoms with Crippen LogP contribution < -0.4 is 5.73 Å². The van der Waals surface area contributed by atoms with Crippen LogP contribution in [0.2, 0.25) is 0 Å². The second-order valence-electron chi connectivity index (χ2n) is 3.08. The summed E-state index contributed by atoms with van der Waals surface area (Å²) in [6.07, 6.45) is 1.66. The van der Waals surface area contributed by atoms with Gasteiger partial charge in [0.2, 0.25) is 0 Å². The largest absolute Gasteiger partial charge is 0.470 e. The first-order chi connectivity index (χ1) is 7.24. The molecule has 15 heavy (non-hydrogen) atoms. The van der Waals surface area contributed by atoms with Crippen molar-refractivity contribution in [2.45, 2.75) is 13.5 Å². The zero-order valence-corrected chi connectivity index (χ0v) is 8.68. The Morgan fingerprint density at radius 1 is 1.20 bits per heavy atom. The molecule has 3 N–H and O–H groups in total. The second-order valence-corrected chi connectivity index (χ2v) is 3.08. The SMILES string of the molecule is Cc1ccco1.Nc1ccccc1CO. The highest BCUT2D eigenvalue weighted by Gasteiger charge is 1.91. The lowest BCUT2D eigenvalue weighted by molar-refractivity contribution is 0.282. The summed E-state index contributed by atoms with van der Waals surface area (Å²) in [5, 5.41) is 8.64. The van der Waals surface area contributed by atoms with Gasteiger partial charge in [-0.2, -0.15) is 0 Å². The zero-order chi connectivity index (χ0) is 11.1. The van der Waals surface area contributed by atoms with E-state index in [-0.39, 0.29) is 6.61 Å². The van der Waals surface area contributed by atoms with E-state index in [1.54, 1.807) is 18.4 Å². The molecular weight excluding hydrogens is 190 g/mol. The van der Waals surface area contributed by atoms with Crippen molar-refractivity contribution < 1.29 is 9.52 Å². The molecule has 0 radical (unpaired) electrons. The topological polar surface area (TPSA) is 59.4 Å². The molecule has 0 saturated heterocycles. The Kier molecular flexibility index (Phi) is 4.44. The number of nitrogens with two attached hydrogens (primary N) is 1. The lowest BCUT2D eigenvalue weighted by atomic mass is 10.2. The summed E-state index contributed by atoms with van der Waals surface area (Å²) >= 11 is 0. The van der Waals surface area contributed by atoms with Gasteiger partial charge in [0.1, 0.15) is 5.76 Å². The van der Waals surface area contributed by atoms with Crippen molar-refractivity contribution in [2.75, 3.05) is 5.73 Å². The molecule has 3 nitrogen and oxygen atoms in total. The van der Waals surface area contributed by atoms with E-state index in [9.17, 15) is 0 Å². The first-order valence-corrected chi connectivity index (χ1v) is 4.68. The number of hydrogen-bond donors (Lipinski definition) is 2. The van der Waals surface area contributed by atoms with Crippen molar-refractivity contribution in [3.05, 3.63) is 54.0 Å². The maximum absolute atomic E-state index is 8.64. The van der Waals surface area contributed by atoms with Crippen LogP contribution in [0.25, 0.3) is 0 Å². The molecule has 0 unspecified atom stereocenters. The molecular formula is C12H15NO2. The van der Waals surface area contributed by atoms with Gasteiger partial charge in [-0.05, 0) is 25.1 Å². The Balaban J connectivity index is 0.000000162. The number of nitrogen functional groups attached to an aromatic ring is 1. The van der Waals surface area contributed by atoms with Crippen molar-refractivity contribution in [3.63, 3.8) is 0 Å². The fourth-order valence-electron chi connectivity index (χ4n) is 1.04. The van der Waals surface area contributed by atoms with Crippen LogP contribution in [-0.4, -0.2) is 5.11 Å². The van der Waals surface area contributed by atoms with Crippen molar-refractivity contribution >= 4 is 5.69 Å². The Hall–Kier alpha value is -1.74. The number of anilines is 1. The highest BCUT2D eigenvalue weighted by atomic mass is 16.3. The van der Waals surface area contributed by atoms with E-state index in [1.165, 1.54) is 0 Å². The fraction of sp³-hybridized carbons (Fsp3) is 0.167. The number of benzene rings is 1. The molecule has 0 saturated carbocycles. The summed E-state index contributed by atoms with van der Waals surface area (Å²) in [6, 6.07) is 11.0. The van der Waals surface area contributed by atoms with Crippen LogP contribution >= 0.6 is 0 Å². The number of para-hydroxylation sites is 1. The second kappa shape index (κ2) is 5.88. The molecule has 0 atom stereocenters. The smallest absolute Gasteiger partial charge is 0.100 e. The van der Waals surface area contributed by atoms with Crippen LogP contribution in [0, 0.1) is 6.92 Å². The van der Waals surface area contributed by atoms with E-state index < -0.39 is 0 Å². The summed E-state index contributed by atoms with van der Waals surface area (Å²) in [6.45, 7) is 1.94. The first kappa shape index (κ1) is 11.3. The van der Waals surface area contributed by atoms with E-state index in [4.69, 9.17) is 15.3 Å². The van der Waals surface area contributed by atoms with Crippen LogP contribution in [0.4, 0.5) is 5.69 Å². The third-order valence-electron chi connectivity index (χ3n) is 1.89. The maximum atomic E-state index is 8.64. The molecule has 80 valence electrons. The molecule has 0 fully saturated rings. The van der Waals surface area contributed by atoms with Gasteiger partial charge < -0.3 is 15.3 Å². The van der Waals surface area contributed by atoms with Gasteiger partial charge in [0.05, 0.1) is 12.9 Å². The fourth-order valence-corrected chi connectivity index (χ4v) is 1.04. The van der Waals surface area contributed by atoms with Crippen LogP contribution in [-0.2, 0) is 6.61 Å². The monoisotopic (exact) mass is 205 g/mol.